The number of amides is 1. The molecule has 0 unspecified atom stereocenters. The van der Waals surface area contributed by atoms with Crippen LogP contribution in [0.4, 0.5) is 4.79 Å². The van der Waals surface area contributed by atoms with Crippen molar-refractivity contribution < 1.29 is 24.2 Å². The van der Waals surface area contributed by atoms with Gasteiger partial charge in [0.25, 0.3) is 0 Å². The molecular weight excluding hydrogens is 226 g/mol. The average Bonchev–Trinajstić information content (AvgIpc) is 2.14. The molecule has 0 saturated carbocycles. The Morgan fingerprint density at radius 1 is 1.41 bits per heavy atom. The fourth-order valence-electron chi connectivity index (χ4n) is 1.53. The molecule has 1 heterocycles. The molecule has 1 aliphatic rings. The minimum absolute atomic E-state index is 0.00422. The fourth-order valence-corrected chi connectivity index (χ4v) is 1.53. The van der Waals surface area contributed by atoms with Gasteiger partial charge in [-0.05, 0) is 27.7 Å². The lowest BCUT2D eigenvalue weighted by Crippen LogP contribution is -2.56. The van der Waals surface area contributed by atoms with Crippen LogP contribution >= 0.6 is 0 Å². The third kappa shape index (κ3) is 3.89. The van der Waals surface area contributed by atoms with Crippen molar-refractivity contribution in [1.29, 1.82) is 0 Å². The Morgan fingerprint density at radius 3 is 2.47 bits per heavy atom. The van der Waals surface area contributed by atoms with Crippen LogP contribution in [0.2, 0.25) is 0 Å². The van der Waals surface area contributed by atoms with Crippen molar-refractivity contribution in [2.45, 2.75) is 45.4 Å². The van der Waals surface area contributed by atoms with E-state index in [1.165, 1.54) is 4.90 Å². The normalized spacial score (nSPS) is 25.5. The second-order valence-corrected chi connectivity index (χ2v) is 5.13. The van der Waals surface area contributed by atoms with Crippen molar-refractivity contribution in [2.24, 2.45) is 0 Å². The molecule has 1 N–H and O–H groups in total. The summed E-state index contributed by atoms with van der Waals surface area (Å²) in [5, 5.41) is 9.01. The van der Waals surface area contributed by atoms with E-state index in [1.807, 2.05) is 0 Å². The maximum Gasteiger partial charge on any atom is 0.411 e. The Bertz CT molecular complexity index is 309. The van der Waals surface area contributed by atoms with Crippen LogP contribution in [0, 0.1) is 0 Å². The van der Waals surface area contributed by atoms with Crippen LogP contribution in [-0.2, 0) is 14.3 Å². The minimum Gasteiger partial charge on any atom is -0.480 e. The number of carbonyl (C=O) groups is 2. The van der Waals surface area contributed by atoms with Crippen molar-refractivity contribution in [3.8, 4) is 0 Å². The summed E-state index contributed by atoms with van der Waals surface area (Å²) in [6, 6.07) is -0.971. The van der Waals surface area contributed by atoms with E-state index in [2.05, 4.69) is 0 Å². The highest BCUT2D eigenvalue weighted by Crippen LogP contribution is 2.17. The van der Waals surface area contributed by atoms with Gasteiger partial charge in [-0.1, -0.05) is 0 Å². The van der Waals surface area contributed by atoms with Crippen molar-refractivity contribution in [3.63, 3.8) is 0 Å². The van der Waals surface area contributed by atoms with Gasteiger partial charge in [0.05, 0.1) is 19.3 Å². The summed E-state index contributed by atoms with van der Waals surface area (Å²) in [6.07, 6.45) is -0.793. The van der Waals surface area contributed by atoms with Crippen LogP contribution in [0.5, 0.6) is 0 Å². The van der Waals surface area contributed by atoms with Crippen LogP contribution < -0.4 is 0 Å². The number of carboxylic acids is 1. The van der Waals surface area contributed by atoms with E-state index in [4.69, 9.17) is 14.6 Å². The summed E-state index contributed by atoms with van der Waals surface area (Å²) in [5.41, 5.74) is -0.637. The molecule has 1 aliphatic heterocycles. The SMILES string of the molecule is C[C@H]1CN(C(=O)OC(C)(C)C)[C@@H](C(=O)O)CO1. The lowest BCUT2D eigenvalue weighted by Gasteiger charge is -2.37. The van der Waals surface area contributed by atoms with E-state index in [-0.39, 0.29) is 19.3 Å². The molecule has 6 nitrogen and oxygen atoms in total. The van der Waals surface area contributed by atoms with Crippen LogP contribution in [0.1, 0.15) is 27.7 Å². The van der Waals surface area contributed by atoms with Gasteiger partial charge >= 0.3 is 12.1 Å². The number of carbonyl (C=O) groups excluding carboxylic acids is 1. The number of carboxylic acid groups (broad SMARTS) is 1. The number of rotatable bonds is 1. The molecule has 17 heavy (non-hydrogen) atoms. The van der Waals surface area contributed by atoms with Gasteiger partial charge in [0.15, 0.2) is 6.04 Å². The second-order valence-electron chi connectivity index (χ2n) is 5.13. The van der Waals surface area contributed by atoms with E-state index in [9.17, 15) is 9.59 Å². The number of hydrogen-bond donors (Lipinski definition) is 1. The molecule has 0 bridgehead atoms. The maximum absolute atomic E-state index is 11.9. The lowest BCUT2D eigenvalue weighted by atomic mass is 10.2. The zero-order valence-electron chi connectivity index (χ0n) is 10.6. The summed E-state index contributed by atoms with van der Waals surface area (Å²) in [4.78, 5) is 24.1. The Balaban J connectivity index is 2.75. The summed E-state index contributed by atoms with van der Waals surface area (Å²) < 4.78 is 10.4. The third-order valence-electron chi connectivity index (χ3n) is 2.28. The second kappa shape index (κ2) is 4.91. The molecule has 6 heteroatoms. The Morgan fingerprint density at radius 2 is 2.00 bits per heavy atom. The molecular formula is C11H19NO5. The van der Waals surface area contributed by atoms with Gasteiger partial charge in [0.1, 0.15) is 5.60 Å². The molecule has 1 rings (SSSR count). The third-order valence-corrected chi connectivity index (χ3v) is 2.28. The monoisotopic (exact) mass is 245 g/mol. The van der Waals surface area contributed by atoms with Gasteiger partial charge in [-0.3, -0.25) is 4.90 Å². The first-order valence-electron chi connectivity index (χ1n) is 5.55. The standard InChI is InChI=1S/C11H19NO5/c1-7-5-12(8(6-16-7)9(13)14)10(15)17-11(2,3)4/h7-8H,5-6H2,1-4H3,(H,13,14)/t7-,8+/m0/s1. The van der Waals surface area contributed by atoms with E-state index < -0.39 is 23.7 Å². The Labute approximate surface area is 100 Å². The Hall–Kier alpha value is -1.30. The summed E-state index contributed by atoms with van der Waals surface area (Å²) in [7, 11) is 0. The summed E-state index contributed by atoms with van der Waals surface area (Å²) in [5.74, 6) is -1.08. The molecule has 2 atom stereocenters. The predicted octanol–water partition coefficient (Wildman–Crippen LogP) is 1.10. The van der Waals surface area contributed by atoms with Crippen LogP contribution in [0.25, 0.3) is 0 Å². The van der Waals surface area contributed by atoms with Gasteiger partial charge in [0.2, 0.25) is 0 Å². The average molecular weight is 245 g/mol. The highest BCUT2D eigenvalue weighted by Gasteiger charge is 2.37. The van der Waals surface area contributed by atoms with E-state index in [1.54, 1.807) is 27.7 Å². The molecule has 0 radical (unpaired) electrons. The molecule has 0 spiro atoms. The first-order chi connectivity index (χ1) is 7.70. The molecule has 98 valence electrons. The molecule has 0 aromatic carbocycles. The number of aliphatic carboxylic acids is 1. The molecule has 0 aliphatic carbocycles. The smallest absolute Gasteiger partial charge is 0.411 e. The number of ether oxygens (including phenoxy) is 2. The zero-order chi connectivity index (χ0) is 13.2. The largest absolute Gasteiger partial charge is 0.480 e. The number of nitrogens with zero attached hydrogens (tertiary/aromatic N) is 1. The zero-order valence-corrected chi connectivity index (χ0v) is 10.6. The van der Waals surface area contributed by atoms with Gasteiger partial charge < -0.3 is 14.6 Å². The van der Waals surface area contributed by atoms with Gasteiger partial charge in [0, 0.05) is 0 Å². The molecule has 1 amide bonds. The predicted molar refractivity (Wildman–Crippen MR) is 59.8 cm³/mol. The summed E-state index contributed by atoms with van der Waals surface area (Å²) in [6.45, 7) is 7.23. The molecule has 0 aromatic heterocycles. The van der Waals surface area contributed by atoms with Gasteiger partial charge in [-0.15, -0.1) is 0 Å². The van der Waals surface area contributed by atoms with E-state index in [0.29, 0.717) is 0 Å². The fraction of sp³-hybridized carbons (Fsp3) is 0.818. The molecule has 0 aromatic rings. The van der Waals surface area contributed by atoms with Crippen LogP contribution in [-0.4, -0.2) is 53.0 Å². The van der Waals surface area contributed by atoms with Crippen molar-refractivity contribution in [1.82, 2.24) is 4.90 Å². The van der Waals surface area contributed by atoms with Crippen molar-refractivity contribution in [2.75, 3.05) is 13.2 Å². The van der Waals surface area contributed by atoms with Crippen molar-refractivity contribution >= 4 is 12.1 Å². The maximum atomic E-state index is 11.9. The number of hydrogen-bond acceptors (Lipinski definition) is 4. The van der Waals surface area contributed by atoms with E-state index >= 15 is 0 Å². The summed E-state index contributed by atoms with van der Waals surface area (Å²) >= 11 is 0. The minimum atomic E-state index is -1.08. The van der Waals surface area contributed by atoms with Crippen LogP contribution in [0.15, 0.2) is 0 Å². The Kier molecular flexibility index (Phi) is 3.98. The van der Waals surface area contributed by atoms with E-state index in [0.717, 1.165) is 0 Å². The van der Waals surface area contributed by atoms with Gasteiger partial charge in [-0.25, -0.2) is 9.59 Å². The van der Waals surface area contributed by atoms with Crippen molar-refractivity contribution in [3.05, 3.63) is 0 Å². The topological polar surface area (TPSA) is 76.1 Å². The quantitative estimate of drug-likeness (QED) is 0.748. The number of morpholine rings is 1. The van der Waals surface area contributed by atoms with Crippen LogP contribution in [0.3, 0.4) is 0 Å². The molecule has 1 fully saturated rings. The highest BCUT2D eigenvalue weighted by molar-refractivity contribution is 5.80. The highest BCUT2D eigenvalue weighted by atomic mass is 16.6. The first kappa shape index (κ1) is 13.8. The first-order valence-corrected chi connectivity index (χ1v) is 5.55. The van der Waals surface area contributed by atoms with Gasteiger partial charge in [-0.2, -0.15) is 0 Å². The lowest BCUT2D eigenvalue weighted by molar-refractivity contribution is -0.152. The molecule has 1 saturated heterocycles.